The van der Waals surface area contributed by atoms with Crippen LogP contribution in [0, 0.1) is 0 Å². The highest BCUT2D eigenvalue weighted by molar-refractivity contribution is 6.99. The molecule has 0 aromatic heterocycles. The van der Waals surface area contributed by atoms with Gasteiger partial charge >= 0.3 is 0 Å². The van der Waals surface area contributed by atoms with Gasteiger partial charge in [0.15, 0.2) is 0 Å². The Hall–Kier alpha value is -1.62. The van der Waals surface area contributed by atoms with Crippen molar-refractivity contribution in [3.8, 4) is 0 Å². The zero-order valence-electron chi connectivity index (χ0n) is 27.4. The SMILES string of the molecule is CCCCCCCOCCOCCOCCOCCOCCOCCO[Si](c1ccccc1)(c1ccccc1)C(C)(C)C. The molecule has 0 amide bonds. The summed E-state index contributed by atoms with van der Waals surface area (Å²) in [5.74, 6) is 0. The molecule has 0 aliphatic heterocycles. The highest BCUT2D eigenvalue weighted by Gasteiger charge is 2.49. The molecule has 0 saturated heterocycles. The monoisotopic (exact) mass is 618 g/mol. The maximum Gasteiger partial charge on any atom is 0.261 e. The fourth-order valence-corrected chi connectivity index (χ4v) is 9.57. The minimum absolute atomic E-state index is 0.0419. The van der Waals surface area contributed by atoms with Crippen LogP contribution in [0.3, 0.4) is 0 Å². The maximum absolute atomic E-state index is 6.84. The van der Waals surface area contributed by atoms with Crippen LogP contribution in [0.2, 0.25) is 5.04 Å². The predicted octanol–water partition coefficient (Wildman–Crippen LogP) is 5.63. The van der Waals surface area contributed by atoms with Crippen molar-refractivity contribution in [3.05, 3.63) is 60.7 Å². The van der Waals surface area contributed by atoms with Crippen LogP contribution in [0.15, 0.2) is 60.7 Å². The van der Waals surface area contributed by atoms with Gasteiger partial charge in [-0.2, -0.15) is 0 Å². The summed E-state index contributed by atoms with van der Waals surface area (Å²) in [6.45, 7) is 16.6. The minimum atomic E-state index is -2.52. The summed E-state index contributed by atoms with van der Waals surface area (Å²) in [6.07, 6.45) is 6.30. The van der Waals surface area contributed by atoms with Crippen molar-refractivity contribution in [2.45, 2.75) is 64.8 Å². The molecule has 7 nitrogen and oxygen atoms in total. The van der Waals surface area contributed by atoms with E-state index < -0.39 is 8.32 Å². The van der Waals surface area contributed by atoms with E-state index in [1.54, 1.807) is 0 Å². The summed E-state index contributed by atoms with van der Waals surface area (Å²) >= 11 is 0. The molecule has 0 heterocycles. The second-order valence-electron chi connectivity index (χ2n) is 11.6. The lowest BCUT2D eigenvalue weighted by Gasteiger charge is -2.43. The van der Waals surface area contributed by atoms with E-state index in [9.17, 15) is 0 Å². The Morgan fingerprint density at radius 1 is 0.442 bits per heavy atom. The number of hydrogen-bond acceptors (Lipinski definition) is 7. The third-order valence-electron chi connectivity index (χ3n) is 7.22. The molecule has 0 aliphatic rings. The average Bonchev–Trinajstić information content (AvgIpc) is 3.01. The number of benzene rings is 2. The van der Waals surface area contributed by atoms with Crippen molar-refractivity contribution < 1.29 is 32.8 Å². The number of hydrogen-bond donors (Lipinski definition) is 0. The Kier molecular flexibility index (Phi) is 20.7. The van der Waals surface area contributed by atoms with Gasteiger partial charge in [-0.15, -0.1) is 0 Å². The third kappa shape index (κ3) is 15.3. The normalized spacial score (nSPS) is 12.2. The molecule has 0 spiro atoms. The quantitative estimate of drug-likeness (QED) is 0.0950. The average molecular weight is 619 g/mol. The molecule has 8 heteroatoms. The Morgan fingerprint density at radius 2 is 0.791 bits per heavy atom. The van der Waals surface area contributed by atoms with Crippen molar-refractivity contribution in [3.63, 3.8) is 0 Å². The molecule has 0 aliphatic carbocycles. The van der Waals surface area contributed by atoms with Crippen LogP contribution < -0.4 is 10.4 Å². The van der Waals surface area contributed by atoms with Gasteiger partial charge < -0.3 is 32.8 Å². The van der Waals surface area contributed by atoms with Crippen LogP contribution in [-0.2, 0) is 32.8 Å². The molecule has 0 radical (unpaired) electrons. The standard InChI is InChI=1S/C35H58O7Si/c1-5-6-7-8-15-20-36-21-22-37-23-24-38-25-26-39-27-28-40-29-30-41-31-32-42-43(35(2,3)4,33-16-11-9-12-17-33)34-18-13-10-14-19-34/h9-14,16-19H,5-8,15,20-32H2,1-4H3. The van der Waals surface area contributed by atoms with Gasteiger partial charge in [-0.25, -0.2) is 0 Å². The van der Waals surface area contributed by atoms with Crippen molar-refractivity contribution >= 4 is 18.7 Å². The molecule has 0 atom stereocenters. The van der Waals surface area contributed by atoms with Crippen molar-refractivity contribution in [2.24, 2.45) is 0 Å². The van der Waals surface area contributed by atoms with Crippen LogP contribution >= 0.6 is 0 Å². The van der Waals surface area contributed by atoms with Crippen LogP contribution in [0.4, 0.5) is 0 Å². The smallest absolute Gasteiger partial charge is 0.261 e. The number of rotatable bonds is 27. The first-order chi connectivity index (χ1) is 21.0. The molecule has 43 heavy (non-hydrogen) atoms. The highest BCUT2D eigenvalue weighted by Crippen LogP contribution is 2.36. The van der Waals surface area contributed by atoms with Crippen LogP contribution in [0.1, 0.15) is 59.8 Å². The molecule has 0 saturated carbocycles. The van der Waals surface area contributed by atoms with E-state index in [0.29, 0.717) is 79.3 Å². The van der Waals surface area contributed by atoms with Gasteiger partial charge in [-0.3, -0.25) is 0 Å². The fraction of sp³-hybridized carbons (Fsp3) is 0.657. The Balaban J connectivity index is 1.45. The van der Waals surface area contributed by atoms with Gasteiger partial charge in [0.1, 0.15) is 0 Å². The van der Waals surface area contributed by atoms with Gasteiger partial charge in [0.25, 0.3) is 8.32 Å². The summed E-state index contributed by atoms with van der Waals surface area (Å²) in [6, 6.07) is 21.3. The minimum Gasteiger partial charge on any atom is -0.405 e. The first-order valence-corrected chi connectivity index (χ1v) is 18.1. The maximum atomic E-state index is 6.84. The molecule has 0 fully saturated rings. The molecular weight excluding hydrogens is 560 g/mol. The van der Waals surface area contributed by atoms with Crippen LogP contribution in [0.5, 0.6) is 0 Å². The molecule has 2 aromatic carbocycles. The summed E-state index contributed by atoms with van der Waals surface area (Å²) in [5.41, 5.74) is 0. The molecule has 244 valence electrons. The molecule has 2 aromatic rings. The lowest BCUT2D eigenvalue weighted by molar-refractivity contribution is -0.0180. The zero-order valence-corrected chi connectivity index (χ0v) is 28.4. The van der Waals surface area contributed by atoms with E-state index in [-0.39, 0.29) is 5.04 Å². The zero-order chi connectivity index (χ0) is 30.9. The second-order valence-corrected chi connectivity index (χ2v) is 15.9. The Morgan fingerprint density at radius 3 is 1.16 bits per heavy atom. The van der Waals surface area contributed by atoms with E-state index in [0.717, 1.165) is 13.0 Å². The summed E-state index contributed by atoms with van der Waals surface area (Å²) in [4.78, 5) is 0. The van der Waals surface area contributed by atoms with Crippen LogP contribution in [0.25, 0.3) is 0 Å². The molecule has 0 unspecified atom stereocenters. The van der Waals surface area contributed by atoms with Gasteiger partial charge in [-0.05, 0) is 21.8 Å². The number of ether oxygens (including phenoxy) is 6. The summed E-state index contributed by atoms with van der Waals surface area (Å²) < 4.78 is 40.5. The van der Waals surface area contributed by atoms with E-state index in [2.05, 4.69) is 88.4 Å². The molecule has 0 N–H and O–H groups in total. The first kappa shape index (κ1) is 37.6. The van der Waals surface area contributed by atoms with Crippen LogP contribution in [-0.4, -0.2) is 94.2 Å². The first-order valence-electron chi connectivity index (χ1n) is 16.2. The molecular formula is C35H58O7Si. The van der Waals surface area contributed by atoms with Crippen molar-refractivity contribution in [1.29, 1.82) is 0 Å². The Labute approximate surface area is 262 Å². The Bertz CT molecular complexity index is 853. The molecule has 2 rings (SSSR count). The summed E-state index contributed by atoms with van der Waals surface area (Å²) in [7, 11) is -2.52. The summed E-state index contributed by atoms with van der Waals surface area (Å²) in [5, 5.41) is 2.51. The predicted molar refractivity (Wildman–Crippen MR) is 177 cm³/mol. The number of unbranched alkanes of at least 4 members (excludes halogenated alkanes) is 4. The molecule has 0 bridgehead atoms. The van der Waals surface area contributed by atoms with Gasteiger partial charge in [0.05, 0.1) is 79.3 Å². The second kappa shape index (κ2) is 23.7. The van der Waals surface area contributed by atoms with E-state index in [1.165, 1.54) is 36.1 Å². The van der Waals surface area contributed by atoms with Crippen molar-refractivity contribution in [1.82, 2.24) is 0 Å². The largest absolute Gasteiger partial charge is 0.405 e. The van der Waals surface area contributed by atoms with Gasteiger partial charge in [-0.1, -0.05) is 114 Å². The van der Waals surface area contributed by atoms with Gasteiger partial charge in [0.2, 0.25) is 0 Å². The third-order valence-corrected chi connectivity index (χ3v) is 12.3. The van der Waals surface area contributed by atoms with E-state index in [1.807, 2.05) is 0 Å². The van der Waals surface area contributed by atoms with Gasteiger partial charge in [0, 0.05) is 6.61 Å². The van der Waals surface area contributed by atoms with Crippen molar-refractivity contribution in [2.75, 3.05) is 85.9 Å². The fourth-order valence-electron chi connectivity index (χ4n) is 5.02. The topological polar surface area (TPSA) is 64.6 Å². The highest BCUT2D eigenvalue weighted by atomic mass is 28.4. The van der Waals surface area contributed by atoms with E-state index >= 15 is 0 Å². The van der Waals surface area contributed by atoms with E-state index in [4.69, 9.17) is 32.8 Å². The lowest BCUT2D eigenvalue weighted by Crippen LogP contribution is -2.66. The lowest BCUT2D eigenvalue weighted by atomic mass is 10.2.